The molecule has 0 aliphatic carbocycles. The van der Waals surface area contributed by atoms with Gasteiger partial charge in [-0.1, -0.05) is 0 Å². The van der Waals surface area contributed by atoms with E-state index in [2.05, 4.69) is 19.8 Å². The summed E-state index contributed by atoms with van der Waals surface area (Å²) in [6.45, 7) is 0.886. The topological polar surface area (TPSA) is 167 Å². The molecule has 4 atom stereocenters. The highest BCUT2D eigenvalue weighted by atomic mass is 32.3. The van der Waals surface area contributed by atoms with Crippen LogP contribution in [0.25, 0.3) is 0 Å². The van der Waals surface area contributed by atoms with Crippen molar-refractivity contribution in [3.05, 3.63) is 11.8 Å². The van der Waals surface area contributed by atoms with Gasteiger partial charge in [-0.15, -0.1) is 10.2 Å². The predicted molar refractivity (Wildman–Crippen MR) is 79.2 cm³/mol. The Hall–Kier alpha value is -1.80. The maximum Gasteiger partial charge on any atom is 1.00 e. The summed E-state index contributed by atoms with van der Waals surface area (Å²) in [4.78, 5) is 13.7. The van der Waals surface area contributed by atoms with Crippen molar-refractivity contribution in [1.29, 1.82) is 0 Å². The van der Waals surface area contributed by atoms with Crippen LogP contribution in [0.1, 0.15) is 44.6 Å². The van der Waals surface area contributed by atoms with Crippen LogP contribution in [-0.4, -0.2) is 64.3 Å². The minimum atomic E-state index is -5.02. The van der Waals surface area contributed by atoms with Gasteiger partial charge in [0.15, 0.2) is 0 Å². The van der Waals surface area contributed by atoms with Crippen molar-refractivity contribution in [3.63, 3.8) is 0 Å². The lowest BCUT2D eigenvalue weighted by atomic mass is 10.0. The standard InChI is InChI=1S/C12H18N6O6S/c13-6-3-8(14-4-6)10-15-16-11(23-10)9-2-1-7-5-17(9)12(19)18(7)24-25(20,21)22/h6-9,14H,1-5,13H2,(H,20,21,22)/t6-,7-,8+,9+/m1/s1. The summed E-state index contributed by atoms with van der Waals surface area (Å²) in [5, 5.41) is 11.9. The summed E-state index contributed by atoms with van der Waals surface area (Å²) >= 11 is 0. The molecule has 0 radical (unpaired) electrons. The number of nitrogens with zero attached hydrogens (tertiary/aromatic N) is 4. The van der Waals surface area contributed by atoms with E-state index in [1.807, 2.05) is 0 Å². The minimum absolute atomic E-state index is 0. The van der Waals surface area contributed by atoms with Gasteiger partial charge in [0.1, 0.15) is 6.04 Å². The highest BCUT2D eigenvalue weighted by Crippen LogP contribution is 2.38. The first-order valence-electron chi connectivity index (χ1n) is 7.89. The Balaban J connectivity index is 0.00000196. The Bertz CT molecular complexity index is 789. The predicted octanol–water partition coefficient (Wildman–Crippen LogP) is -1.12. The number of urea groups is 1. The molecule has 3 fully saturated rings. The first-order valence-corrected chi connectivity index (χ1v) is 9.22. The fourth-order valence-corrected chi connectivity index (χ4v) is 3.94. The van der Waals surface area contributed by atoms with Crippen LogP contribution in [0, 0.1) is 0 Å². The Kier molecular flexibility index (Phi) is 3.92. The molecule has 3 aliphatic heterocycles. The van der Waals surface area contributed by atoms with E-state index >= 15 is 0 Å². The molecule has 3 saturated heterocycles. The third-order valence-electron chi connectivity index (χ3n) is 4.70. The van der Waals surface area contributed by atoms with Gasteiger partial charge in [-0.2, -0.15) is 9.35 Å². The van der Waals surface area contributed by atoms with Crippen molar-refractivity contribution in [2.45, 2.75) is 43.4 Å². The van der Waals surface area contributed by atoms with Crippen LogP contribution >= 0.6 is 0 Å². The van der Waals surface area contributed by atoms with E-state index in [0.29, 0.717) is 36.8 Å². The second-order valence-electron chi connectivity index (χ2n) is 6.43. The van der Waals surface area contributed by atoms with E-state index in [9.17, 15) is 17.8 Å². The van der Waals surface area contributed by atoms with E-state index in [4.69, 9.17) is 10.2 Å². The molecule has 1 aromatic heterocycles. The Morgan fingerprint density at radius 1 is 1.36 bits per heavy atom. The highest BCUT2D eigenvalue weighted by molar-refractivity contribution is 7.80. The van der Waals surface area contributed by atoms with Crippen molar-refractivity contribution in [1.82, 2.24) is 25.5 Å². The van der Waals surface area contributed by atoms with E-state index < -0.39 is 28.5 Å². The molecular weight excluding hydrogens is 356 g/mol. The summed E-state index contributed by atoms with van der Waals surface area (Å²) in [5.74, 6) is 0.683. The molecule has 25 heavy (non-hydrogen) atoms. The molecule has 0 saturated carbocycles. The van der Waals surface area contributed by atoms with E-state index in [-0.39, 0.29) is 25.9 Å². The fourth-order valence-electron chi connectivity index (χ4n) is 3.56. The number of amides is 2. The number of piperidine rings is 1. The number of fused-ring (bicyclic) bond motifs is 2. The van der Waals surface area contributed by atoms with Crippen molar-refractivity contribution >= 4 is 16.4 Å². The SMILES string of the molecule is N[C@H]1CN[C@H](c2nnc([C@@H]3CC[C@@H]4CN3C(=O)N4OS(=O)(=O)[O-])o2)C1.[H+]. The summed E-state index contributed by atoms with van der Waals surface area (Å²) in [5.41, 5.74) is 5.85. The molecule has 4 rings (SSSR count). The van der Waals surface area contributed by atoms with Gasteiger partial charge in [-0.05, 0) is 19.3 Å². The molecule has 2 amide bonds. The lowest BCUT2D eigenvalue weighted by molar-refractivity contribution is -0.0328. The third-order valence-corrected chi connectivity index (χ3v) is 5.04. The maximum atomic E-state index is 12.4. The number of hydroxylamine groups is 2. The van der Waals surface area contributed by atoms with Gasteiger partial charge in [0, 0.05) is 19.1 Å². The van der Waals surface area contributed by atoms with Gasteiger partial charge in [-0.25, -0.2) is 13.2 Å². The summed E-state index contributed by atoms with van der Waals surface area (Å²) in [7, 11) is -5.02. The van der Waals surface area contributed by atoms with E-state index in [0.717, 1.165) is 0 Å². The van der Waals surface area contributed by atoms with E-state index in [1.54, 1.807) is 0 Å². The number of nitrogens with one attached hydrogen (secondary N) is 1. The van der Waals surface area contributed by atoms with Gasteiger partial charge in [-0.3, -0.25) is 0 Å². The zero-order valence-electron chi connectivity index (χ0n) is 14.1. The molecule has 1 aromatic rings. The van der Waals surface area contributed by atoms with Crippen LogP contribution < -0.4 is 11.1 Å². The Morgan fingerprint density at radius 3 is 2.80 bits per heavy atom. The van der Waals surface area contributed by atoms with Gasteiger partial charge in [0.25, 0.3) is 0 Å². The van der Waals surface area contributed by atoms with E-state index in [1.165, 1.54) is 4.90 Å². The average Bonchev–Trinajstić information content (AvgIpc) is 3.23. The number of nitrogens with two attached hydrogens (primary N) is 1. The molecule has 13 heteroatoms. The molecule has 0 unspecified atom stereocenters. The van der Waals surface area contributed by atoms with Crippen molar-refractivity contribution in [2.75, 3.05) is 13.1 Å². The number of hydrogen-bond acceptors (Lipinski definition) is 10. The van der Waals surface area contributed by atoms with Crippen LogP contribution in [0.3, 0.4) is 0 Å². The zero-order valence-corrected chi connectivity index (χ0v) is 13.9. The second-order valence-corrected chi connectivity index (χ2v) is 7.39. The minimum Gasteiger partial charge on any atom is -0.724 e. The Labute approximate surface area is 144 Å². The lowest BCUT2D eigenvalue weighted by Gasteiger charge is -2.27. The molecule has 0 spiro atoms. The van der Waals surface area contributed by atoms with Crippen molar-refractivity contribution in [3.8, 4) is 0 Å². The molecule has 3 aliphatic rings. The van der Waals surface area contributed by atoms with Crippen LogP contribution in [0.15, 0.2) is 4.42 Å². The highest BCUT2D eigenvalue weighted by Gasteiger charge is 2.48. The quantitative estimate of drug-likeness (QED) is 0.486. The fraction of sp³-hybridized carbons (Fsp3) is 0.750. The van der Waals surface area contributed by atoms with Crippen LogP contribution in [0.2, 0.25) is 0 Å². The second kappa shape index (κ2) is 5.88. The van der Waals surface area contributed by atoms with Gasteiger partial charge in [0.05, 0.1) is 12.1 Å². The normalized spacial score (nSPS) is 32.6. The van der Waals surface area contributed by atoms with Gasteiger partial charge < -0.3 is 24.9 Å². The summed E-state index contributed by atoms with van der Waals surface area (Å²) in [6.07, 6.45) is 1.63. The van der Waals surface area contributed by atoms with Crippen LogP contribution in [0.5, 0.6) is 0 Å². The molecule has 12 nitrogen and oxygen atoms in total. The number of aromatic nitrogens is 2. The average molecular weight is 374 g/mol. The zero-order chi connectivity index (χ0) is 17.8. The van der Waals surface area contributed by atoms with Crippen molar-refractivity contribution in [2.24, 2.45) is 5.73 Å². The Morgan fingerprint density at radius 2 is 2.12 bits per heavy atom. The summed E-state index contributed by atoms with van der Waals surface area (Å²) < 4.78 is 42.4. The number of rotatable bonds is 4. The lowest BCUT2D eigenvalue weighted by Crippen LogP contribution is -2.35. The first kappa shape index (κ1) is 16.7. The molecule has 3 N–H and O–H groups in total. The molecule has 0 aromatic carbocycles. The number of hydrogen-bond donors (Lipinski definition) is 2. The maximum absolute atomic E-state index is 12.4. The molecule has 138 valence electrons. The van der Waals surface area contributed by atoms with Gasteiger partial charge >= 0.3 is 7.46 Å². The summed E-state index contributed by atoms with van der Waals surface area (Å²) in [6, 6.07) is -1.77. The number of carbonyl (C=O) groups excluding carboxylic acids is 1. The van der Waals surface area contributed by atoms with Gasteiger partial charge in [0.2, 0.25) is 22.2 Å². The third kappa shape index (κ3) is 3.08. The largest absolute Gasteiger partial charge is 1.00 e. The smallest absolute Gasteiger partial charge is 0.724 e. The van der Waals surface area contributed by atoms with Crippen LogP contribution in [0.4, 0.5) is 4.79 Å². The molecule has 2 bridgehead atoms. The molecular formula is C12H18N6O6S. The van der Waals surface area contributed by atoms with Crippen LogP contribution in [-0.2, 0) is 14.7 Å². The number of carbonyl (C=O) groups is 1. The molecule has 4 heterocycles. The first-order chi connectivity index (χ1) is 11.8. The van der Waals surface area contributed by atoms with Crippen molar-refractivity contribution < 1.29 is 27.9 Å². The monoisotopic (exact) mass is 374 g/mol.